The number of hydrogen-bond acceptors (Lipinski definition) is 3. The van der Waals surface area contributed by atoms with E-state index < -0.39 is 47.0 Å². The van der Waals surface area contributed by atoms with Crippen LogP contribution < -0.4 is 5.32 Å². The maximum Gasteiger partial charge on any atom is 0.230 e. The first-order valence-electron chi connectivity index (χ1n) is 9.04. The Labute approximate surface area is 167 Å². The van der Waals surface area contributed by atoms with E-state index in [1.807, 2.05) is 24.3 Å². The summed E-state index contributed by atoms with van der Waals surface area (Å²) in [7, 11) is 0. The molecule has 4 rings (SSSR count). The molecule has 0 aliphatic heterocycles. The predicted molar refractivity (Wildman–Crippen MR) is 98.2 cm³/mol. The molecule has 1 heterocycles. The highest BCUT2D eigenvalue weighted by Gasteiger charge is 2.27. The van der Waals surface area contributed by atoms with Gasteiger partial charge >= 0.3 is 0 Å². The van der Waals surface area contributed by atoms with Crippen molar-refractivity contribution in [2.24, 2.45) is 0 Å². The van der Waals surface area contributed by atoms with Gasteiger partial charge in [0.05, 0.1) is 23.5 Å². The lowest BCUT2D eigenvalue weighted by Gasteiger charge is -2.20. The van der Waals surface area contributed by atoms with Crippen molar-refractivity contribution in [3.05, 3.63) is 75.9 Å². The SMILES string of the molecule is Cc1nc2c(nc1NC(=O)Cc1c(F)c(F)c(F)c(F)c1F)CCc1ccccc1-2. The van der Waals surface area contributed by atoms with E-state index in [0.29, 0.717) is 23.5 Å². The summed E-state index contributed by atoms with van der Waals surface area (Å²) >= 11 is 0. The zero-order valence-corrected chi connectivity index (χ0v) is 15.6. The van der Waals surface area contributed by atoms with Gasteiger partial charge in [0.1, 0.15) is 0 Å². The van der Waals surface area contributed by atoms with Crippen LogP contribution in [0.25, 0.3) is 11.3 Å². The van der Waals surface area contributed by atoms with Crippen LogP contribution in [-0.4, -0.2) is 15.9 Å². The van der Waals surface area contributed by atoms with Crippen molar-refractivity contribution in [2.75, 3.05) is 5.32 Å². The van der Waals surface area contributed by atoms with Crippen LogP contribution in [0.4, 0.5) is 27.8 Å². The number of nitrogens with one attached hydrogen (secondary N) is 1. The minimum atomic E-state index is -2.27. The number of anilines is 1. The molecule has 0 saturated heterocycles. The number of aromatic nitrogens is 2. The maximum atomic E-state index is 13.8. The van der Waals surface area contributed by atoms with E-state index in [4.69, 9.17) is 0 Å². The monoisotopic (exact) mass is 419 g/mol. The number of aryl methyl sites for hydroxylation is 3. The molecule has 0 unspecified atom stereocenters. The van der Waals surface area contributed by atoms with Crippen LogP contribution in [0.1, 0.15) is 22.5 Å². The van der Waals surface area contributed by atoms with Gasteiger partial charge in [-0.3, -0.25) is 4.79 Å². The lowest BCUT2D eigenvalue weighted by molar-refractivity contribution is -0.115. The Balaban J connectivity index is 1.62. The highest BCUT2D eigenvalue weighted by molar-refractivity contribution is 5.92. The zero-order chi connectivity index (χ0) is 21.6. The Hall–Kier alpha value is -3.36. The minimum Gasteiger partial charge on any atom is -0.309 e. The number of nitrogens with zero attached hydrogens (tertiary/aromatic N) is 2. The Kier molecular flexibility index (Phi) is 4.97. The Bertz CT molecular complexity index is 1170. The fourth-order valence-electron chi connectivity index (χ4n) is 3.43. The van der Waals surface area contributed by atoms with Gasteiger partial charge in [0.25, 0.3) is 0 Å². The van der Waals surface area contributed by atoms with Gasteiger partial charge in [0.2, 0.25) is 11.7 Å². The third kappa shape index (κ3) is 3.30. The van der Waals surface area contributed by atoms with Crippen molar-refractivity contribution >= 4 is 11.7 Å². The van der Waals surface area contributed by atoms with Crippen molar-refractivity contribution < 1.29 is 26.7 Å². The number of halogens is 5. The van der Waals surface area contributed by atoms with E-state index in [9.17, 15) is 26.7 Å². The summed E-state index contributed by atoms with van der Waals surface area (Å²) in [6.07, 6.45) is 0.270. The summed E-state index contributed by atoms with van der Waals surface area (Å²) < 4.78 is 67.5. The quantitative estimate of drug-likeness (QED) is 0.388. The number of hydrogen-bond donors (Lipinski definition) is 1. The van der Waals surface area contributed by atoms with Crippen LogP contribution >= 0.6 is 0 Å². The Morgan fingerprint density at radius 1 is 0.933 bits per heavy atom. The summed E-state index contributed by atoms with van der Waals surface area (Å²) in [5.74, 6) is -11.4. The molecule has 2 aromatic carbocycles. The third-order valence-electron chi connectivity index (χ3n) is 4.94. The first-order valence-corrected chi connectivity index (χ1v) is 9.04. The standard InChI is InChI=1S/C21H14F5N3O/c1-9-21(28-13-7-6-10-4-2-3-5-11(10)20(13)27-9)29-14(30)8-12-15(22)17(24)19(26)18(25)16(12)23/h2-5H,6-8H2,1H3,(H,28,29,30). The van der Waals surface area contributed by atoms with Crippen LogP contribution in [0.5, 0.6) is 0 Å². The normalized spacial score (nSPS) is 12.3. The molecule has 30 heavy (non-hydrogen) atoms. The number of carbonyl (C=O) groups is 1. The molecule has 3 aromatic rings. The Morgan fingerprint density at radius 2 is 1.57 bits per heavy atom. The number of rotatable bonds is 3. The molecule has 0 fully saturated rings. The molecule has 1 N–H and O–H groups in total. The molecule has 4 nitrogen and oxygen atoms in total. The number of benzene rings is 2. The summed E-state index contributed by atoms with van der Waals surface area (Å²) in [5, 5.41) is 2.36. The van der Waals surface area contributed by atoms with Gasteiger partial charge in [-0.1, -0.05) is 24.3 Å². The first kappa shape index (κ1) is 19.9. The molecule has 1 aliphatic carbocycles. The molecule has 1 aromatic heterocycles. The molecular formula is C21H14F5N3O. The second kappa shape index (κ2) is 7.47. The lowest BCUT2D eigenvalue weighted by atomic mass is 9.92. The van der Waals surface area contributed by atoms with Crippen molar-refractivity contribution in [3.8, 4) is 11.3 Å². The predicted octanol–water partition coefficient (Wildman–Crippen LogP) is 4.43. The van der Waals surface area contributed by atoms with Crippen molar-refractivity contribution in [2.45, 2.75) is 26.2 Å². The van der Waals surface area contributed by atoms with Gasteiger partial charge in [-0.2, -0.15) is 0 Å². The molecular weight excluding hydrogens is 405 g/mol. The number of amides is 1. The van der Waals surface area contributed by atoms with E-state index >= 15 is 0 Å². The van der Waals surface area contributed by atoms with Gasteiger partial charge < -0.3 is 5.32 Å². The van der Waals surface area contributed by atoms with Gasteiger partial charge in [0.15, 0.2) is 29.1 Å². The number of fused-ring (bicyclic) bond motifs is 3. The van der Waals surface area contributed by atoms with Gasteiger partial charge in [-0.05, 0) is 25.3 Å². The van der Waals surface area contributed by atoms with Gasteiger partial charge in [0, 0.05) is 11.1 Å². The highest BCUT2D eigenvalue weighted by atomic mass is 19.2. The second-order valence-electron chi connectivity index (χ2n) is 6.88. The van der Waals surface area contributed by atoms with E-state index in [1.54, 1.807) is 6.92 Å². The van der Waals surface area contributed by atoms with Crippen molar-refractivity contribution in [1.82, 2.24) is 9.97 Å². The number of carbonyl (C=O) groups excluding carboxylic acids is 1. The fraction of sp³-hybridized carbons (Fsp3) is 0.190. The second-order valence-corrected chi connectivity index (χ2v) is 6.88. The average molecular weight is 419 g/mol. The summed E-state index contributed by atoms with van der Waals surface area (Å²) in [6.45, 7) is 1.60. The lowest BCUT2D eigenvalue weighted by Crippen LogP contribution is -2.21. The molecule has 1 amide bonds. The van der Waals surface area contributed by atoms with Crippen LogP contribution in [0.3, 0.4) is 0 Å². The zero-order valence-electron chi connectivity index (χ0n) is 15.6. The topological polar surface area (TPSA) is 54.9 Å². The molecule has 9 heteroatoms. The van der Waals surface area contributed by atoms with E-state index in [1.165, 1.54) is 0 Å². The van der Waals surface area contributed by atoms with Crippen LogP contribution in [-0.2, 0) is 24.1 Å². The maximum absolute atomic E-state index is 13.8. The molecule has 1 aliphatic rings. The van der Waals surface area contributed by atoms with Gasteiger partial charge in [-0.15, -0.1) is 0 Å². The van der Waals surface area contributed by atoms with Gasteiger partial charge in [-0.25, -0.2) is 31.9 Å². The molecule has 0 atom stereocenters. The third-order valence-corrected chi connectivity index (χ3v) is 4.94. The van der Waals surface area contributed by atoms with Crippen LogP contribution in [0.15, 0.2) is 24.3 Å². The summed E-state index contributed by atoms with van der Waals surface area (Å²) in [4.78, 5) is 21.2. The molecule has 0 spiro atoms. The van der Waals surface area contributed by atoms with Crippen molar-refractivity contribution in [1.29, 1.82) is 0 Å². The van der Waals surface area contributed by atoms with E-state index in [0.717, 1.165) is 17.5 Å². The van der Waals surface area contributed by atoms with Crippen molar-refractivity contribution in [3.63, 3.8) is 0 Å². The molecule has 154 valence electrons. The largest absolute Gasteiger partial charge is 0.309 e. The van der Waals surface area contributed by atoms with E-state index in [-0.39, 0.29) is 5.82 Å². The smallest absolute Gasteiger partial charge is 0.230 e. The molecule has 0 radical (unpaired) electrons. The Morgan fingerprint density at radius 3 is 2.27 bits per heavy atom. The fourth-order valence-corrected chi connectivity index (χ4v) is 3.43. The first-order chi connectivity index (χ1) is 14.3. The summed E-state index contributed by atoms with van der Waals surface area (Å²) in [5.41, 5.74) is 2.55. The minimum absolute atomic E-state index is 0.0713. The average Bonchev–Trinajstić information content (AvgIpc) is 2.74. The summed E-state index contributed by atoms with van der Waals surface area (Å²) in [6, 6.07) is 7.72. The molecule has 0 bridgehead atoms. The van der Waals surface area contributed by atoms with Crippen LogP contribution in [0.2, 0.25) is 0 Å². The van der Waals surface area contributed by atoms with Crippen LogP contribution in [0, 0.1) is 36.0 Å². The highest BCUT2D eigenvalue weighted by Crippen LogP contribution is 2.32. The molecule has 0 saturated carbocycles. The van der Waals surface area contributed by atoms with E-state index in [2.05, 4.69) is 15.3 Å².